The summed E-state index contributed by atoms with van der Waals surface area (Å²) >= 11 is 0. The van der Waals surface area contributed by atoms with Gasteiger partial charge in [0.1, 0.15) is 11.3 Å². The molecule has 0 N–H and O–H groups in total. The second kappa shape index (κ2) is 6.69. The first-order valence-corrected chi connectivity index (χ1v) is 9.57. The van der Waals surface area contributed by atoms with E-state index in [1.807, 2.05) is 0 Å². The highest BCUT2D eigenvalue weighted by Gasteiger charge is 2.36. The van der Waals surface area contributed by atoms with Crippen molar-refractivity contribution in [1.29, 1.82) is 0 Å². The maximum atomic E-state index is 14.8. The predicted octanol–water partition coefficient (Wildman–Crippen LogP) is 5.18. The molecule has 0 saturated heterocycles. The third-order valence-electron chi connectivity index (χ3n) is 5.53. The Morgan fingerprint density at radius 2 is 1.84 bits per heavy atom. The van der Waals surface area contributed by atoms with Crippen molar-refractivity contribution >= 4 is 17.2 Å². The summed E-state index contributed by atoms with van der Waals surface area (Å²) in [5, 5.41) is 0. The molecule has 0 fully saturated rings. The van der Waals surface area contributed by atoms with Gasteiger partial charge in [0.15, 0.2) is 5.95 Å². The van der Waals surface area contributed by atoms with Crippen molar-refractivity contribution in [3.05, 3.63) is 78.3 Å². The first-order valence-electron chi connectivity index (χ1n) is 9.57. The third kappa shape index (κ3) is 3.08. The fourth-order valence-electron chi connectivity index (χ4n) is 4.05. The van der Waals surface area contributed by atoms with Crippen LogP contribution >= 0.6 is 0 Å². The van der Waals surface area contributed by atoms with E-state index in [-0.39, 0.29) is 12.2 Å². The van der Waals surface area contributed by atoms with Gasteiger partial charge < -0.3 is 13.9 Å². The van der Waals surface area contributed by atoms with E-state index in [0.29, 0.717) is 22.5 Å². The molecule has 5 rings (SSSR count). The molecule has 0 spiro atoms. The highest BCUT2D eigenvalue weighted by Crippen LogP contribution is 2.37. The zero-order chi connectivity index (χ0) is 21.9. The first kappa shape index (κ1) is 19.3. The second-order valence-electron chi connectivity index (χ2n) is 7.52. The highest BCUT2D eigenvalue weighted by atomic mass is 19.4. The molecular weight excluding hydrogens is 412 g/mol. The molecule has 0 radical (unpaired) electrons. The van der Waals surface area contributed by atoms with Crippen molar-refractivity contribution in [2.75, 3.05) is 11.4 Å². The number of nitrogens with zero attached hydrogens (tertiary/aromatic N) is 4. The molecule has 4 aromatic rings. The number of carbonyl (C=O) groups excluding carboxylic acids is 1. The highest BCUT2D eigenvalue weighted by molar-refractivity contribution is 6.10. The molecular formula is C22H16F4N4O. The van der Waals surface area contributed by atoms with E-state index < -0.39 is 29.6 Å². The second-order valence-corrected chi connectivity index (χ2v) is 7.52. The van der Waals surface area contributed by atoms with Crippen molar-refractivity contribution in [3.63, 3.8) is 0 Å². The average molecular weight is 428 g/mol. The Labute approximate surface area is 174 Å². The number of alkyl halides is 3. The van der Waals surface area contributed by atoms with Crippen LogP contribution in [0.4, 0.5) is 23.2 Å². The van der Waals surface area contributed by atoms with Gasteiger partial charge in [0.25, 0.3) is 5.91 Å². The minimum Gasteiger partial charge on any atom is -0.308 e. The molecule has 1 aliphatic heterocycles. The summed E-state index contributed by atoms with van der Waals surface area (Å²) in [6, 6.07) is 8.84. The largest absolute Gasteiger partial charge is 0.416 e. The number of fused-ring (bicyclic) bond motifs is 2. The van der Waals surface area contributed by atoms with Gasteiger partial charge in [-0.05, 0) is 43.3 Å². The molecule has 1 aromatic carbocycles. The van der Waals surface area contributed by atoms with Crippen LogP contribution in [-0.4, -0.2) is 26.4 Å². The van der Waals surface area contributed by atoms with E-state index >= 15 is 0 Å². The number of halogens is 4. The maximum Gasteiger partial charge on any atom is 0.416 e. The van der Waals surface area contributed by atoms with E-state index in [1.165, 1.54) is 27.7 Å². The van der Waals surface area contributed by atoms with Gasteiger partial charge in [-0.15, -0.1) is 0 Å². The Morgan fingerprint density at radius 1 is 1.10 bits per heavy atom. The standard InChI is InChI=1S/C22H16F4N4O/c1-13-11-29(16-5-3-15(4-6-16)22(24,25)26)21(31)20-17(10-18(23)30(13)20)14-2-7-19-27-8-9-28(19)12-14/h2-10,12-13H,11H2,1H3/t13-/m0/s1. The summed E-state index contributed by atoms with van der Waals surface area (Å²) in [6.45, 7) is 1.90. The van der Waals surface area contributed by atoms with Gasteiger partial charge in [-0.1, -0.05) is 0 Å². The SMILES string of the molecule is C[C@H]1CN(c2ccc(C(F)(F)F)cc2)C(=O)c2c(-c3ccc4nccn4c3)cc(F)n21. The first-order chi connectivity index (χ1) is 14.7. The van der Waals surface area contributed by atoms with Gasteiger partial charge in [0.05, 0.1) is 11.6 Å². The Balaban J connectivity index is 1.59. The van der Waals surface area contributed by atoms with Gasteiger partial charge >= 0.3 is 6.18 Å². The molecule has 0 aliphatic carbocycles. The summed E-state index contributed by atoms with van der Waals surface area (Å²) in [5.74, 6) is -1.01. The van der Waals surface area contributed by atoms with Crippen LogP contribution in [0.5, 0.6) is 0 Å². The summed E-state index contributed by atoms with van der Waals surface area (Å²) in [5.41, 5.74) is 1.46. The Hall–Kier alpha value is -3.62. The maximum absolute atomic E-state index is 14.8. The van der Waals surface area contributed by atoms with Crippen LogP contribution in [0.25, 0.3) is 16.8 Å². The fourth-order valence-corrected chi connectivity index (χ4v) is 4.05. The number of carbonyl (C=O) groups is 1. The fraction of sp³-hybridized carbons (Fsp3) is 0.182. The molecule has 9 heteroatoms. The van der Waals surface area contributed by atoms with Gasteiger partial charge in [-0.2, -0.15) is 17.6 Å². The molecule has 0 unspecified atom stereocenters. The molecule has 1 atom stereocenters. The van der Waals surface area contributed by atoms with Crippen LogP contribution in [0, 0.1) is 5.95 Å². The smallest absolute Gasteiger partial charge is 0.308 e. The van der Waals surface area contributed by atoms with Crippen molar-refractivity contribution < 1.29 is 22.4 Å². The van der Waals surface area contributed by atoms with E-state index in [4.69, 9.17) is 0 Å². The predicted molar refractivity (Wildman–Crippen MR) is 106 cm³/mol. The summed E-state index contributed by atoms with van der Waals surface area (Å²) < 4.78 is 56.6. The number of aromatic nitrogens is 3. The van der Waals surface area contributed by atoms with E-state index in [2.05, 4.69) is 4.98 Å². The number of hydrogen-bond donors (Lipinski definition) is 0. The molecule has 1 amide bonds. The van der Waals surface area contributed by atoms with E-state index in [9.17, 15) is 22.4 Å². The Bertz CT molecular complexity index is 1300. The van der Waals surface area contributed by atoms with Crippen molar-refractivity contribution in [2.45, 2.75) is 19.1 Å². The Morgan fingerprint density at radius 3 is 2.55 bits per heavy atom. The van der Waals surface area contributed by atoms with Gasteiger partial charge in [0.2, 0.25) is 0 Å². The lowest BCUT2D eigenvalue weighted by Crippen LogP contribution is -2.42. The van der Waals surface area contributed by atoms with Gasteiger partial charge in [0, 0.05) is 48.0 Å². The number of hydrogen-bond acceptors (Lipinski definition) is 2. The molecule has 1 aliphatic rings. The van der Waals surface area contributed by atoms with Crippen LogP contribution < -0.4 is 4.90 Å². The molecule has 158 valence electrons. The number of amides is 1. The molecule has 4 heterocycles. The van der Waals surface area contributed by atoms with Crippen LogP contribution in [0.2, 0.25) is 0 Å². The van der Waals surface area contributed by atoms with E-state index in [1.54, 1.807) is 42.0 Å². The minimum absolute atomic E-state index is 0.142. The number of benzene rings is 1. The lowest BCUT2D eigenvalue weighted by atomic mass is 10.0. The van der Waals surface area contributed by atoms with Crippen LogP contribution in [0.15, 0.2) is 61.1 Å². The topological polar surface area (TPSA) is 42.5 Å². The van der Waals surface area contributed by atoms with Gasteiger partial charge in [-0.25, -0.2) is 4.98 Å². The normalized spacial score (nSPS) is 16.7. The summed E-state index contributed by atoms with van der Waals surface area (Å²) in [6.07, 6.45) is 0.673. The van der Waals surface area contributed by atoms with Crippen molar-refractivity contribution in [3.8, 4) is 11.1 Å². The molecule has 5 nitrogen and oxygen atoms in total. The molecule has 0 saturated carbocycles. The van der Waals surface area contributed by atoms with E-state index in [0.717, 1.165) is 12.1 Å². The molecule has 3 aromatic heterocycles. The van der Waals surface area contributed by atoms with Gasteiger partial charge in [-0.3, -0.25) is 4.79 Å². The van der Waals surface area contributed by atoms with Crippen molar-refractivity contribution in [1.82, 2.24) is 14.0 Å². The number of imidazole rings is 1. The van der Waals surface area contributed by atoms with Crippen LogP contribution in [0.3, 0.4) is 0 Å². The minimum atomic E-state index is -4.46. The lowest BCUT2D eigenvalue weighted by Gasteiger charge is -2.33. The monoisotopic (exact) mass is 428 g/mol. The third-order valence-corrected chi connectivity index (χ3v) is 5.53. The zero-order valence-electron chi connectivity index (χ0n) is 16.3. The number of anilines is 1. The van der Waals surface area contributed by atoms with Crippen LogP contribution in [0.1, 0.15) is 29.0 Å². The molecule has 31 heavy (non-hydrogen) atoms. The zero-order valence-corrected chi connectivity index (χ0v) is 16.3. The summed E-state index contributed by atoms with van der Waals surface area (Å²) in [7, 11) is 0. The Kier molecular flexibility index (Phi) is 4.18. The quantitative estimate of drug-likeness (QED) is 0.413. The van der Waals surface area contributed by atoms with Crippen LogP contribution in [-0.2, 0) is 6.18 Å². The lowest BCUT2D eigenvalue weighted by molar-refractivity contribution is -0.137. The molecule has 0 bridgehead atoms. The average Bonchev–Trinajstić information content (AvgIpc) is 3.34. The number of pyridine rings is 1. The number of rotatable bonds is 2. The van der Waals surface area contributed by atoms with Crippen molar-refractivity contribution in [2.24, 2.45) is 0 Å². The summed E-state index contributed by atoms with van der Waals surface area (Å²) in [4.78, 5) is 18.9.